The van der Waals surface area contributed by atoms with Crippen molar-refractivity contribution in [3.8, 4) is 5.75 Å². The highest BCUT2D eigenvalue weighted by atomic mass is 16.5. The van der Waals surface area contributed by atoms with Gasteiger partial charge in [0.05, 0.1) is 5.69 Å². The fraction of sp³-hybridized carbons (Fsp3) is 0.429. The first kappa shape index (κ1) is 14.3. The SMILES string of the molecule is CC(=O)Nc1ccc2c(c1)N(CCN(C)C)C(=O)CO2. The molecule has 0 atom stereocenters. The molecule has 0 bridgehead atoms. The molecule has 1 aliphatic heterocycles. The number of carbonyl (C=O) groups excluding carboxylic acids is 2. The van der Waals surface area contributed by atoms with Crippen LogP contribution < -0.4 is 15.0 Å². The minimum atomic E-state index is -0.146. The Hall–Kier alpha value is -2.08. The Morgan fingerprint density at radius 2 is 2.20 bits per heavy atom. The van der Waals surface area contributed by atoms with Gasteiger partial charge in [0, 0.05) is 25.7 Å². The number of hydrogen-bond acceptors (Lipinski definition) is 4. The molecule has 108 valence electrons. The second-order valence-corrected chi connectivity index (χ2v) is 5.00. The maximum Gasteiger partial charge on any atom is 0.265 e. The fourth-order valence-electron chi connectivity index (χ4n) is 2.03. The van der Waals surface area contributed by atoms with E-state index in [1.807, 2.05) is 19.0 Å². The Morgan fingerprint density at radius 1 is 1.45 bits per heavy atom. The Balaban J connectivity index is 2.27. The number of benzene rings is 1. The number of amides is 2. The van der Waals surface area contributed by atoms with Crippen molar-refractivity contribution in [3.05, 3.63) is 18.2 Å². The van der Waals surface area contributed by atoms with Crippen molar-refractivity contribution in [1.29, 1.82) is 0 Å². The van der Waals surface area contributed by atoms with Gasteiger partial charge in [-0.05, 0) is 32.3 Å². The number of nitrogens with zero attached hydrogens (tertiary/aromatic N) is 2. The second kappa shape index (κ2) is 5.92. The molecule has 0 saturated heterocycles. The molecule has 0 unspecified atom stereocenters. The number of fused-ring (bicyclic) bond motifs is 1. The number of anilines is 2. The molecule has 1 aromatic carbocycles. The first-order valence-corrected chi connectivity index (χ1v) is 6.47. The molecule has 6 heteroatoms. The largest absolute Gasteiger partial charge is 0.482 e. The quantitative estimate of drug-likeness (QED) is 0.889. The van der Waals surface area contributed by atoms with E-state index < -0.39 is 0 Å². The predicted molar refractivity (Wildman–Crippen MR) is 77.1 cm³/mol. The zero-order chi connectivity index (χ0) is 14.7. The van der Waals surface area contributed by atoms with Crippen molar-refractivity contribution in [1.82, 2.24) is 4.90 Å². The highest BCUT2D eigenvalue weighted by Crippen LogP contribution is 2.34. The Labute approximate surface area is 118 Å². The fourth-order valence-corrected chi connectivity index (χ4v) is 2.03. The van der Waals surface area contributed by atoms with E-state index in [0.29, 0.717) is 23.7 Å². The van der Waals surface area contributed by atoms with Crippen LogP contribution in [0.25, 0.3) is 0 Å². The van der Waals surface area contributed by atoms with Gasteiger partial charge in [0.1, 0.15) is 5.75 Å². The summed E-state index contributed by atoms with van der Waals surface area (Å²) in [6, 6.07) is 5.30. The van der Waals surface area contributed by atoms with E-state index in [-0.39, 0.29) is 18.4 Å². The zero-order valence-corrected chi connectivity index (χ0v) is 12.0. The van der Waals surface area contributed by atoms with Crippen molar-refractivity contribution >= 4 is 23.2 Å². The molecule has 0 saturated carbocycles. The summed E-state index contributed by atoms with van der Waals surface area (Å²) in [4.78, 5) is 26.8. The number of hydrogen-bond donors (Lipinski definition) is 1. The minimum Gasteiger partial charge on any atom is -0.482 e. The van der Waals surface area contributed by atoms with Gasteiger partial charge in [-0.1, -0.05) is 0 Å². The summed E-state index contributed by atoms with van der Waals surface area (Å²) in [7, 11) is 3.92. The van der Waals surface area contributed by atoms with Gasteiger partial charge < -0.3 is 19.9 Å². The van der Waals surface area contributed by atoms with E-state index in [0.717, 1.165) is 6.54 Å². The average Bonchev–Trinajstić information content (AvgIpc) is 2.36. The van der Waals surface area contributed by atoms with E-state index in [1.54, 1.807) is 23.1 Å². The standard InChI is InChI=1S/C14H19N3O3/c1-10(18)15-11-4-5-13-12(8-11)17(7-6-16(2)3)14(19)9-20-13/h4-5,8H,6-7,9H2,1-3H3,(H,15,18). The highest BCUT2D eigenvalue weighted by Gasteiger charge is 2.25. The Kier molecular flexibility index (Phi) is 4.24. The zero-order valence-electron chi connectivity index (χ0n) is 12.0. The molecule has 0 fully saturated rings. The van der Waals surface area contributed by atoms with E-state index in [1.165, 1.54) is 6.92 Å². The van der Waals surface area contributed by atoms with E-state index in [9.17, 15) is 9.59 Å². The third-order valence-corrected chi connectivity index (χ3v) is 2.99. The number of likely N-dealkylation sites (N-methyl/N-ethyl adjacent to an activating group) is 1. The lowest BCUT2D eigenvalue weighted by Crippen LogP contribution is -2.42. The minimum absolute atomic E-state index is 0.0555. The molecule has 0 spiro atoms. The molecule has 0 radical (unpaired) electrons. The molecule has 1 aromatic rings. The molecule has 0 aliphatic carbocycles. The third-order valence-electron chi connectivity index (χ3n) is 2.99. The molecular weight excluding hydrogens is 258 g/mol. The lowest BCUT2D eigenvalue weighted by Gasteiger charge is -2.30. The van der Waals surface area contributed by atoms with Crippen molar-refractivity contribution in [2.24, 2.45) is 0 Å². The molecule has 1 aliphatic rings. The topological polar surface area (TPSA) is 61.9 Å². The lowest BCUT2D eigenvalue weighted by molar-refractivity contribution is -0.121. The molecule has 1 heterocycles. The third kappa shape index (κ3) is 3.27. The van der Waals surface area contributed by atoms with Crippen LogP contribution in [0.5, 0.6) is 5.75 Å². The van der Waals surface area contributed by atoms with Crippen LogP contribution in [0.15, 0.2) is 18.2 Å². The monoisotopic (exact) mass is 277 g/mol. The molecule has 20 heavy (non-hydrogen) atoms. The van der Waals surface area contributed by atoms with Crippen LogP contribution in [-0.4, -0.2) is 50.5 Å². The normalized spacial score (nSPS) is 14.0. The van der Waals surface area contributed by atoms with E-state index in [4.69, 9.17) is 4.74 Å². The van der Waals surface area contributed by atoms with E-state index in [2.05, 4.69) is 5.32 Å². The van der Waals surface area contributed by atoms with Crippen LogP contribution in [0.1, 0.15) is 6.92 Å². The first-order valence-electron chi connectivity index (χ1n) is 6.47. The van der Waals surface area contributed by atoms with Gasteiger partial charge in [0.25, 0.3) is 5.91 Å². The number of carbonyl (C=O) groups is 2. The van der Waals surface area contributed by atoms with Crippen molar-refractivity contribution in [2.45, 2.75) is 6.92 Å². The smallest absolute Gasteiger partial charge is 0.265 e. The summed E-state index contributed by atoms with van der Waals surface area (Å²) in [6.45, 7) is 2.85. The van der Waals surface area contributed by atoms with Gasteiger partial charge in [-0.25, -0.2) is 0 Å². The van der Waals surface area contributed by atoms with Crippen LogP contribution in [0.3, 0.4) is 0 Å². The number of rotatable bonds is 4. The predicted octanol–water partition coefficient (Wildman–Crippen LogP) is 0.932. The Bertz CT molecular complexity index is 528. The molecular formula is C14H19N3O3. The van der Waals surface area contributed by atoms with Gasteiger partial charge >= 0.3 is 0 Å². The molecule has 0 aromatic heterocycles. The van der Waals surface area contributed by atoms with Crippen molar-refractivity contribution < 1.29 is 14.3 Å². The second-order valence-electron chi connectivity index (χ2n) is 5.00. The summed E-state index contributed by atoms with van der Waals surface area (Å²) >= 11 is 0. The summed E-state index contributed by atoms with van der Waals surface area (Å²) in [6.07, 6.45) is 0. The van der Waals surface area contributed by atoms with Gasteiger partial charge in [-0.15, -0.1) is 0 Å². The van der Waals surface area contributed by atoms with Gasteiger partial charge in [0.15, 0.2) is 6.61 Å². The lowest BCUT2D eigenvalue weighted by atomic mass is 10.2. The van der Waals surface area contributed by atoms with Crippen LogP contribution in [-0.2, 0) is 9.59 Å². The Morgan fingerprint density at radius 3 is 2.85 bits per heavy atom. The van der Waals surface area contributed by atoms with Gasteiger partial charge in [-0.3, -0.25) is 9.59 Å². The summed E-state index contributed by atoms with van der Waals surface area (Å²) in [5, 5.41) is 2.71. The summed E-state index contributed by atoms with van der Waals surface area (Å²) in [5.74, 6) is 0.449. The van der Waals surface area contributed by atoms with Crippen LogP contribution in [0.4, 0.5) is 11.4 Å². The van der Waals surface area contributed by atoms with Gasteiger partial charge in [0.2, 0.25) is 5.91 Å². The molecule has 2 amide bonds. The van der Waals surface area contributed by atoms with Crippen LogP contribution >= 0.6 is 0 Å². The highest BCUT2D eigenvalue weighted by molar-refractivity contribution is 5.99. The number of nitrogens with one attached hydrogen (secondary N) is 1. The molecule has 1 N–H and O–H groups in total. The first-order chi connectivity index (χ1) is 9.47. The van der Waals surface area contributed by atoms with Gasteiger partial charge in [-0.2, -0.15) is 0 Å². The summed E-state index contributed by atoms with van der Waals surface area (Å²) in [5.41, 5.74) is 1.36. The molecule has 6 nitrogen and oxygen atoms in total. The van der Waals surface area contributed by atoms with Crippen LogP contribution in [0.2, 0.25) is 0 Å². The van der Waals surface area contributed by atoms with E-state index >= 15 is 0 Å². The number of ether oxygens (including phenoxy) is 1. The summed E-state index contributed by atoms with van der Waals surface area (Å²) < 4.78 is 5.42. The van der Waals surface area contributed by atoms with Crippen LogP contribution in [0, 0.1) is 0 Å². The maximum atomic E-state index is 12.0. The van der Waals surface area contributed by atoms with Crippen molar-refractivity contribution in [3.63, 3.8) is 0 Å². The average molecular weight is 277 g/mol. The molecule has 2 rings (SSSR count). The maximum absolute atomic E-state index is 12.0. The van der Waals surface area contributed by atoms with Crippen molar-refractivity contribution in [2.75, 3.05) is 44.0 Å².